The van der Waals surface area contributed by atoms with Gasteiger partial charge in [0, 0.05) is 22.7 Å². The minimum absolute atomic E-state index is 0.120. The number of hydrogen-bond acceptors (Lipinski definition) is 6. The number of nitrogens with one attached hydrogen (secondary N) is 1. The van der Waals surface area contributed by atoms with E-state index in [9.17, 15) is 14.9 Å². The van der Waals surface area contributed by atoms with Gasteiger partial charge >= 0.3 is 0 Å². The maximum absolute atomic E-state index is 10.9. The van der Waals surface area contributed by atoms with E-state index in [4.69, 9.17) is 11.6 Å². The first-order valence-electron chi connectivity index (χ1n) is 5.03. The van der Waals surface area contributed by atoms with Gasteiger partial charge in [-0.25, -0.2) is 0 Å². The third-order valence-electron chi connectivity index (χ3n) is 2.06. The van der Waals surface area contributed by atoms with E-state index in [0.717, 1.165) is 0 Å². The molecule has 98 valence electrons. The Bertz CT molecular complexity index is 602. The summed E-state index contributed by atoms with van der Waals surface area (Å²) in [4.78, 5) is 21.0. The number of carbonyl (C=O) groups excluding carboxylic acids is 1. The fourth-order valence-electron chi connectivity index (χ4n) is 1.30. The zero-order chi connectivity index (χ0) is 13.8. The number of nitro benzene ring substituents is 1. The van der Waals surface area contributed by atoms with Gasteiger partial charge in [-0.15, -0.1) is 5.10 Å². The molecule has 0 saturated carbocycles. The Morgan fingerprint density at radius 3 is 2.89 bits per heavy atom. The predicted molar refractivity (Wildman–Crippen MR) is 73.7 cm³/mol. The highest BCUT2D eigenvalue weighted by Gasteiger charge is 2.16. The first kappa shape index (κ1) is 13.5. The van der Waals surface area contributed by atoms with Crippen molar-refractivity contribution in [3.8, 4) is 0 Å². The molecule has 1 aliphatic heterocycles. The van der Waals surface area contributed by atoms with E-state index in [1.165, 1.54) is 36.2 Å². The van der Waals surface area contributed by atoms with Crippen molar-refractivity contribution in [1.82, 2.24) is 5.32 Å². The number of carbonyl (C=O) groups is 1. The average molecular weight is 299 g/mol. The molecule has 1 aromatic rings. The molecular weight excluding hydrogens is 292 g/mol. The predicted octanol–water partition coefficient (Wildman–Crippen LogP) is 1.80. The second-order valence-corrected chi connectivity index (χ2v) is 4.89. The number of rotatable bonds is 3. The summed E-state index contributed by atoms with van der Waals surface area (Å²) >= 11 is 6.99. The Kier molecular flexibility index (Phi) is 4.13. The topological polar surface area (TPSA) is 97.0 Å². The van der Waals surface area contributed by atoms with Crippen LogP contribution >= 0.6 is 23.4 Å². The van der Waals surface area contributed by atoms with E-state index >= 15 is 0 Å². The van der Waals surface area contributed by atoms with Crippen molar-refractivity contribution < 1.29 is 9.72 Å². The molecule has 1 aromatic carbocycles. The van der Waals surface area contributed by atoms with Crippen LogP contribution in [0.3, 0.4) is 0 Å². The van der Waals surface area contributed by atoms with Crippen LogP contribution < -0.4 is 5.32 Å². The molecule has 1 saturated heterocycles. The molecule has 19 heavy (non-hydrogen) atoms. The lowest BCUT2D eigenvalue weighted by Gasteiger charge is -1.95. The Balaban J connectivity index is 2.14. The van der Waals surface area contributed by atoms with Gasteiger partial charge in [0.25, 0.3) is 5.69 Å². The normalized spacial score (nSPS) is 17.1. The molecule has 1 heterocycles. The number of hydrogen-bond donors (Lipinski definition) is 1. The standard InChI is InChI=1S/C10H7ClN4O3S/c11-7-1-6(2-8(3-7)15(17)18)4-12-14-10-13-9(16)5-19-10/h1-4H,5H2,(H,13,14,16). The van der Waals surface area contributed by atoms with Gasteiger partial charge in [0.1, 0.15) is 0 Å². The van der Waals surface area contributed by atoms with Crippen molar-refractivity contribution >= 4 is 46.3 Å². The van der Waals surface area contributed by atoms with Crippen LogP contribution in [0.15, 0.2) is 28.4 Å². The van der Waals surface area contributed by atoms with Crippen molar-refractivity contribution in [2.75, 3.05) is 5.75 Å². The molecule has 0 spiro atoms. The van der Waals surface area contributed by atoms with E-state index in [0.29, 0.717) is 16.5 Å². The minimum Gasteiger partial charge on any atom is -0.303 e. The maximum atomic E-state index is 10.9. The molecule has 9 heteroatoms. The highest BCUT2D eigenvalue weighted by Crippen LogP contribution is 2.20. The largest absolute Gasteiger partial charge is 0.303 e. The Morgan fingerprint density at radius 2 is 2.26 bits per heavy atom. The summed E-state index contributed by atoms with van der Waals surface area (Å²) in [6.45, 7) is 0. The summed E-state index contributed by atoms with van der Waals surface area (Å²) < 4.78 is 0. The zero-order valence-electron chi connectivity index (χ0n) is 9.37. The maximum Gasteiger partial charge on any atom is 0.271 e. The molecular formula is C10H7ClN4O3S. The van der Waals surface area contributed by atoms with Gasteiger partial charge in [-0.3, -0.25) is 14.9 Å². The second kappa shape index (κ2) is 5.81. The Morgan fingerprint density at radius 1 is 1.47 bits per heavy atom. The summed E-state index contributed by atoms with van der Waals surface area (Å²) in [6, 6.07) is 4.10. The Hall–Kier alpha value is -1.93. The van der Waals surface area contributed by atoms with Crippen LogP contribution in [0.2, 0.25) is 5.02 Å². The summed E-state index contributed by atoms with van der Waals surface area (Å²) in [5, 5.41) is 21.3. The molecule has 2 rings (SSSR count). The lowest BCUT2D eigenvalue weighted by molar-refractivity contribution is -0.384. The molecule has 0 aromatic heterocycles. The number of thioether (sulfide) groups is 1. The van der Waals surface area contributed by atoms with Crippen LogP contribution in [0.4, 0.5) is 5.69 Å². The Labute approximate surface area is 116 Å². The van der Waals surface area contributed by atoms with Gasteiger partial charge in [0.05, 0.1) is 16.9 Å². The molecule has 1 fully saturated rings. The lowest BCUT2D eigenvalue weighted by atomic mass is 10.2. The molecule has 0 unspecified atom stereocenters. The van der Waals surface area contributed by atoms with E-state index in [-0.39, 0.29) is 16.6 Å². The third-order valence-corrected chi connectivity index (χ3v) is 3.14. The fraction of sp³-hybridized carbons (Fsp3) is 0.100. The van der Waals surface area contributed by atoms with Crippen molar-refractivity contribution in [2.24, 2.45) is 10.2 Å². The van der Waals surface area contributed by atoms with Gasteiger partial charge in [-0.1, -0.05) is 23.4 Å². The number of nitrogens with zero attached hydrogens (tertiary/aromatic N) is 3. The average Bonchev–Trinajstić information content (AvgIpc) is 2.74. The van der Waals surface area contributed by atoms with Crippen LogP contribution in [-0.4, -0.2) is 28.0 Å². The molecule has 1 amide bonds. The van der Waals surface area contributed by atoms with Crippen LogP contribution in [-0.2, 0) is 4.79 Å². The first-order chi connectivity index (χ1) is 9.04. The van der Waals surface area contributed by atoms with Gasteiger partial charge in [0.15, 0.2) is 5.17 Å². The van der Waals surface area contributed by atoms with Crippen LogP contribution in [0.1, 0.15) is 5.56 Å². The van der Waals surface area contributed by atoms with Gasteiger partial charge < -0.3 is 5.32 Å². The zero-order valence-corrected chi connectivity index (χ0v) is 10.9. The van der Waals surface area contributed by atoms with E-state index in [2.05, 4.69) is 15.5 Å². The summed E-state index contributed by atoms with van der Waals surface area (Å²) in [6.07, 6.45) is 1.33. The van der Waals surface area contributed by atoms with E-state index in [1.54, 1.807) is 0 Å². The SMILES string of the molecule is O=C1CSC(=NN=Cc2cc(Cl)cc([N+](=O)[O-])c2)N1. The highest BCUT2D eigenvalue weighted by molar-refractivity contribution is 8.15. The van der Waals surface area contributed by atoms with Crippen LogP contribution in [0, 0.1) is 10.1 Å². The third kappa shape index (κ3) is 3.76. The molecule has 0 bridgehead atoms. The number of non-ortho nitro benzene ring substituents is 1. The van der Waals surface area contributed by atoms with Crippen molar-refractivity contribution in [3.63, 3.8) is 0 Å². The first-order valence-corrected chi connectivity index (χ1v) is 6.39. The molecule has 1 aliphatic rings. The summed E-state index contributed by atoms with van der Waals surface area (Å²) in [7, 11) is 0. The number of amides is 1. The van der Waals surface area contributed by atoms with Crippen molar-refractivity contribution in [2.45, 2.75) is 0 Å². The number of benzene rings is 1. The van der Waals surface area contributed by atoms with Gasteiger partial charge in [0.2, 0.25) is 5.91 Å². The number of halogens is 1. The van der Waals surface area contributed by atoms with E-state index in [1.807, 2.05) is 0 Å². The van der Waals surface area contributed by atoms with Crippen LogP contribution in [0.25, 0.3) is 0 Å². The van der Waals surface area contributed by atoms with Gasteiger partial charge in [-0.2, -0.15) is 5.10 Å². The number of amidine groups is 1. The lowest BCUT2D eigenvalue weighted by Crippen LogP contribution is -2.19. The van der Waals surface area contributed by atoms with E-state index < -0.39 is 4.92 Å². The molecule has 0 aliphatic carbocycles. The summed E-state index contributed by atoms with van der Waals surface area (Å²) in [5.74, 6) is 0.189. The van der Waals surface area contributed by atoms with Crippen molar-refractivity contribution in [3.05, 3.63) is 38.9 Å². The van der Waals surface area contributed by atoms with Crippen molar-refractivity contribution in [1.29, 1.82) is 0 Å². The fourth-order valence-corrected chi connectivity index (χ4v) is 2.17. The van der Waals surface area contributed by atoms with Gasteiger partial charge in [-0.05, 0) is 6.07 Å². The molecule has 7 nitrogen and oxygen atoms in total. The minimum atomic E-state index is -0.540. The highest BCUT2D eigenvalue weighted by atomic mass is 35.5. The van der Waals surface area contributed by atoms with Crippen LogP contribution in [0.5, 0.6) is 0 Å². The monoisotopic (exact) mass is 298 g/mol. The number of nitro groups is 1. The quantitative estimate of drug-likeness (QED) is 0.522. The summed E-state index contributed by atoms with van der Waals surface area (Å²) in [5.41, 5.74) is 0.336. The molecule has 0 radical (unpaired) electrons. The second-order valence-electron chi connectivity index (χ2n) is 3.49. The molecule has 0 atom stereocenters. The smallest absolute Gasteiger partial charge is 0.271 e. The molecule has 1 N–H and O–H groups in total.